The fourth-order valence-electron chi connectivity index (χ4n) is 2.84. The number of aromatic nitrogens is 2. The van der Waals surface area contributed by atoms with Crippen molar-refractivity contribution < 1.29 is 4.79 Å². The summed E-state index contributed by atoms with van der Waals surface area (Å²) in [5.74, 6) is 0. The summed E-state index contributed by atoms with van der Waals surface area (Å²) < 4.78 is 2.12. The lowest BCUT2D eigenvalue weighted by molar-refractivity contribution is 0.240. The topological polar surface area (TPSA) is 59.0 Å². The van der Waals surface area contributed by atoms with E-state index in [0.29, 0.717) is 13.1 Å². The second-order valence-corrected chi connectivity index (χ2v) is 6.05. The Bertz CT molecular complexity index is 798. The number of hydrogen-bond acceptors (Lipinski definition) is 2. The van der Waals surface area contributed by atoms with Gasteiger partial charge in [0.2, 0.25) is 0 Å². The molecule has 130 valence electrons. The predicted octanol–water partition coefficient (Wildman–Crippen LogP) is 3.36. The van der Waals surface area contributed by atoms with E-state index >= 15 is 0 Å². The Labute approximate surface area is 148 Å². The van der Waals surface area contributed by atoms with Crippen molar-refractivity contribution in [3.63, 3.8) is 0 Å². The number of hydrogen-bond donors (Lipinski definition) is 2. The van der Waals surface area contributed by atoms with Crippen LogP contribution in [0.5, 0.6) is 0 Å². The number of benzene rings is 2. The Morgan fingerprint density at radius 2 is 1.64 bits per heavy atom. The van der Waals surface area contributed by atoms with Crippen molar-refractivity contribution in [2.45, 2.75) is 25.8 Å². The molecule has 1 aromatic heterocycles. The number of urea groups is 1. The Morgan fingerprint density at radius 1 is 0.920 bits per heavy atom. The molecule has 0 saturated heterocycles. The van der Waals surface area contributed by atoms with Crippen LogP contribution in [-0.2, 0) is 13.0 Å². The van der Waals surface area contributed by atoms with E-state index in [4.69, 9.17) is 0 Å². The van der Waals surface area contributed by atoms with Gasteiger partial charge in [0.15, 0.2) is 0 Å². The highest BCUT2D eigenvalue weighted by Crippen LogP contribution is 2.11. The second kappa shape index (κ2) is 8.87. The molecule has 0 aliphatic heterocycles. The first-order valence-corrected chi connectivity index (χ1v) is 8.78. The molecule has 1 heterocycles. The maximum Gasteiger partial charge on any atom is 0.314 e. The molecule has 0 fully saturated rings. The summed E-state index contributed by atoms with van der Waals surface area (Å²) >= 11 is 0. The minimum atomic E-state index is -0.0939. The van der Waals surface area contributed by atoms with Crippen LogP contribution in [0.4, 0.5) is 4.79 Å². The number of rotatable bonds is 8. The number of imidazole rings is 1. The molecule has 0 bridgehead atoms. The molecule has 2 N–H and O–H groups in total. The molecule has 0 unspecified atom stereocenters. The first-order valence-electron chi connectivity index (χ1n) is 8.78. The van der Waals surface area contributed by atoms with Gasteiger partial charge in [0.25, 0.3) is 0 Å². The van der Waals surface area contributed by atoms with Crippen molar-refractivity contribution in [2.24, 2.45) is 0 Å². The van der Waals surface area contributed by atoms with Crippen molar-refractivity contribution in [3.05, 3.63) is 66.5 Å². The maximum atomic E-state index is 11.8. The summed E-state index contributed by atoms with van der Waals surface area (Å²) in [6.45, 7) is 2.18. The van der Waals surface area contributed by atoms with Crippen molar-refractivity contribution in [3.8, 4) is 0 Å². The van der Waals surface area contributed by atoms with Gasteiger partial charge in [-0.15, -0.1) is 0 Å². The molecule has 3 aromatic rings. The average Bonchev–Trinajstić information content (AvgIpc) is 3.06. The monoisotopic (exact) mass is 336 g/mol. The predicted molar refractivity (Wildman–Crippen MR) is 101 cm³/mol. The molecule has 0 spiro atoms. The number of para-hydroxylation sites is 2. The summed E-state index contributed by atoms with van der Waals surface area (Å²) in [6, 6.07) is 18.3. The molecule has 25 heavy (non-hydrogen) atoms. The first-order chi connectivity index (χ1) is 12.3. The summed E-state index contributed by atoms with van der Waals surface area (Å²) in [7, 11) is 0. The van der Waals surface area contributed by atoms with Crippen LogP contribution in [0, 0.1) is 0 Å². The second-order valence-electron chi connectivity index (χ2n) is 6.05. The molecule has 0 atom stereocenters. The maximum absolute atomic E-state index is 11.8. The highest BCUT2D eigenvalue weighted by molar-refractivity contribution is 5.75. The van der Waals surface area contributed by atoms with Crippen molar-refractivity contribution in [1.29, 1.82) is 0 Å². The molecular weight excluding hydrogens is 312 g/mol. The lowest BCUT2D eigenvalue weighted by Crippen LogP contribution is -2.36. The van der Waals surface area contributed by atoms with Crippen LogP contribution in [0.2, 0.25) is 0 Å². The van der Waals surface area contributed by atoms with Gasteiger partial charge in [-0.2, -0.15) is 0 Å². The van der Waals surface area contributed by atoms with Crippen LogP contribution in [0.1, 0.15) is 18.4 Å². The standard InChI is InChI=1S/C20H24N4O/c25-20(21-13-6-10-17-8-2-1-3-9-17)22-14-7-15-24-16-23-18-11-4-5-12-19(18)24/h1-5,8-9,11-12,16H,6-7,10,13-15H2,(H2,21,22,25). The van der Waals surface area contributed by atoms with Crippen LogP contribution in [0.25, 0.3) is 11.0 Å². The molecule has 2 aromatic carbocycles. The van der Waals surface area contributed by atoms with E-state index in [2.05, 4.69) is 38.4 Å². The van der Waals surface area contributed by atoms with Crippen LogP contribution < -0.4 is 10.6 Å². The Kier molecular flexibility index (Phi) is 6.04. The van der Waals surface area contributed by atoms with Crippen LogP contribution in [0.15, 0.2) is 60.9 Å². The molecule has 0 aliphatic rings. The first kappa shape index (κ1) is 17.0. The van der Waals surface area contributed by atoms with Crippen LogP contribution in [-0.4, -0.2) is 28.7 Å². The van der Waals surface area contributed by atoms with E-state index in [-0.39, 0.29) is 6.03 Å². The third-order valence-electron chi connectivity index (χ3n) is 4.16. The normalized spacial score (nSPS) is 10.7. The number of fused-ring (bicyclic) bond motifs is 1. The summed E-state index contributed by atoms with van der Waals surface area (Å²) in [6.07, 6.45) is 4.65. The smallest absolute Gasteiger partial charge is 0.314 e. The van der Waals surface area contributed by atoms with Gasteiger partial charge in [-0.25, -0.2) is 9.78 Å². The van der Waals surface area contributed by atoms with Gasteiger partial charge in [-0.05, 0) is 37.0 Å². The van der Waals surface area contributed by atoms with E-state index in [9.17, 15) is 4.79 Å². The molecule has 5 nitrogen and oxygen atoms in total. The van der Waals surface area contributed by atoms with E-state index in [1.165, 1.54) is 5.56 Å². The van der Waals surface area contributed by atoms with Crippen molar-refractivity contribution in [2.75, 3.05) is 13.1 Å². The van der Waals surface area contributed by atoms with Gasteiger partial charge in [-0.1, -0.05) is 42.5 Å². The number of aryl methyl sites for hydroxylation is 2. The molecule has 0 aliphatic carbocycles. The van der Waals surface area contributed by atoms with Crippen LogP contribution in [0.3, 0.4) is 0 Å². The number of carbonyl (C=O) groups excluding carboxylic acids is 1. The minimum absolute atomic E-state index is 0.0939. The van der Waals surface area contributed by atoms with Crippen molar-refractivity contribution in [1.82, 2.24) is 20.2 Å². The van der Waals surface area contributed by atoms with Crippen LogP contribution >= 0.6 is 0 Å². The SMILES string of the molecule is O=C(NCCCc1ccccc1)NCCCn1cnc2ccccc21. The lowest BCUT2D eigenvalue weighted by atomic mass is 10.1. The zero-order valence-electron chi connectivity index (χ0n) is 14.3. The Balaban J connectivity index is 1.29. The Morgan fingerprint density at radius 3 is 2.48 bits per heavy atom. The zero-order valence-corrected chi connectivity index (χ0v) is 14.3. The van der Waals surface area contributed by atoms with Gasteiger partial charge < -0.3 is 15.2 Å². The molecule has 3 rings (SSSR count). The number of amides is 2. The quantitative estimate of drug-likeness (QED) is 0.620. The van der Waals surface area contributed by atoms with Gasteiger partial charge in [0.05, 0.1) is 17.4 Å². The summed E-state index contributed by atoms with van der Waals surface area (Å²) in [4.78, 5) is 16.2. The van der Waals surface area contributed by atoms with Gasteiger partial charge >= 0.3 is 6.03 Å². The van der Waals surface area contributed by atoms with Crippen molar-refractivity contribution >= 4 is 17.1 Å². The number of nitrogens with one attached hydrogen (secondary N) is 2. The van der Waals surface area contributed by atoms with E-state index in [1.54, 1.807) is 0 Å². The summed E-state index contributed by atoms with van der Waals surface area (Å²) in [5.41, 5.74) is 3.44. The molecule has 5 heteroatoms. The highest BCUT2D eigenvalue weighted by atomic mass is 16.2. The molecule has 2 amide bonds. The molecule has 0 radical (unpaired) electrons. The fraction of sp³-hybridized carbons (Fsp3) is 0.300. The van der Waals surface area contributed by atoms with Gasteiger partial charge in [0, 0.05) is 19.6 Å². The lowest BCUT2D eigenvalue weighted by Gasteiger charge is -2.08. The van der Waals surface area contributed by atoms with Gasteiger partial charge in [0.1, 0.15) is 0 Å². The third-order valence-corrected chi connectivity index (χ3v) is 4.16. The summed E-state index contributed by atoms with van der Waals surface area (Å²) in [5, 5.41) is 5.82. The fourth-order valence-corrected chi connectivity index (χ4v) is 2.84. The largest absolute Gasteiger partial charge is 0.338 e. The number of carbonyl (C=O) groups is 1. The minimum Gasteiger partial charge on any atom is -0.338 e. The van der Waals surface area contributed by atoms with Gasteiger partial charge in [-0.3, -0.25) is 0 Å². The molecular formula is C20H24N4O. The average molecular weight is 336 g/mol. The Hall–Kier alpha value is -2.82. The zero-order chi connectivity index (χ0) is 17.3. The van der Waals surface area contributed by atoms with E-state index in [0.717, 1.165) is 36.8 Å². The van der Waals surface area contributed by atoms with E-state index in [1.807, 2.05) is 42.7 Å². The third kappa shape index (κ3) is 5.08. The number of nitrogens with zero attached hydrogens (tertiary/aromatic N) is 2. The van der Waals surface area contributed by atoms with E-state index < -0.39 is 0 Å². The molecule has 0 saturated carbocycles. The highest BCUT2D eigenvalue weighted by Gasteiger charge is 2.02.